The van der Waals surface area contributed by atoms with E-state index in [0.717, 1.165) is 5.56 Å². The number of hydrogen-bond donors (Lipinski definition) is 2. The molecule has 2 aromatic rings. The van der Waals surface area contributed by atoms with Crippen molar-refractivity contribution < 1.29 is 19.3 Å². The molecule has 2 aromatic carbocycles. The predicted octanol–water partition coefficient (Wildman–Crippen LogP) is 3.39. The van der Waals surface area contributed by atoms with Crippen molar-refractivity contribution in [2.45, 2.75) is 5.92 Å². The zero-order chi connectivity index (χ0) is 19.6. The topological polar surface area (TPSA) is 97.7 Å². The number of halogens is 1. The van der Waals surface area contributed by atoms with Gasteiger partial charge in [0.25, 0.3) is 0 Å². The van der Waals surface area contributed by atoms with Crippen LogP contribution in [0.5, 0.6) is 23.0 Å². The number of methoxy groups -OCH3 is 1. The number of benzene rings is 2. The molecule has 0 unspecified atom stereocenters. The van der Waals surface area contributed by atoms with Crippen molar-refractivity contribution >= 4 is 15.9 Å². The van der Waals surface area contributed by atoms with Crippen molar-refractivity contribution in [3.05, 3.63) is 57.4 Å². The number of aromatic hydroxyl groups is 1. The highest BCUT2D eigenvalue weighted by molar-refractivity contribution is 9.10. The molecular formula is C20H15BrN2O4. The van der Waals surface area contributed by atoms with Gasteiger partial charge in [0.05, 0.1) is 17.5 Å². The van der Waals surface area contributed by atoms with Crippen LogP contribution < -0.4 is 19.9 Å². The average Bonchev–Trinajstić information content (AvgIpc) is 2.65. The Morgan fingerprint density at radius 1 is 1.37 bits per heavy atom. The summed E-state index contributed by atoms with van der Waals surface area (Å²) in [5.74, 6) is 3.25. The van der Waals surface area contributed by atoms with Gasteiger partial charge in [0.15, 0.2) is 11.5 Å². The van der Waals surface area contributed by atoms with Gasteiger partial charge in [0, 0.05) is 11.6 Å². The van der Waals surface area contributed by atoms with E-state index in [-0.39, 0.29) is 23.8 Å². The van der Waals surface area contributed by atoms with Gasteiger partial charge in [-0.1, -0.05) is 12.0 Å². The summed E-state index contributed by atoms with van der Waals surface area (Å²) in [5, 5.41) is 19.4. The van der Waals surface area contributed by atoms with Gasteiger partial charge in [-0.05, 0) is 39.7 Å². The van der Waals surface area contributed by atoms with Crippen molar-refractivity contribution in [2.24, 2.45) is 5.73 Å². The number of terminal acetylenes is 1. The highest BCUT2D eigenvalue weighted by atomic mass is 79.9. The molecule has 27 heavy (non-hydrogen) atoms. The third-order valence-electron chi connectivity index (χ3n) is 4.09. The number of nitrogens with two attached hydrogens (primary N) is 1. The molecule has 1 aliphatic rings. The molecule has 3 rings (SSSR count). The second-order valence-electron chi connectivity index (χ2n) is 5.67. The molecule has 0 aliphatic carbocycles. The number of nitrogens with zero attached hydrogens (tertiary/aromatic N) is 1. The lowest BCUT2D eigenvalue weighted by atomic mass is 9.83. The highest BCUT2D eigenvalue weighted by Crippen LogP contribution is 2.46. The zero-order valence-corrected chi connectivity index (χ0v) is 15.9. The number of ether oxygens (including phenoxy) is 3. The van der Waals surface area contributed by atoms with Gasteiger partial charge in [-0.15, -0.1) is 6.42 Å². The molecule has 0 aromatic heterocycles. The number of rotatable bonds is 4. The molecular weight excluding hydrogens is 412 g/mol. The quantitative estimate of drug-likeness (QED) is 0.727. The predicted molar refractivity (Wildman–Crippen MR) is 102 cm³/mol. The second kappa shape index (κ2) is 7.53. The van der Waals surface area contributed by atoms with E-state index in [9.17, 15) is 10.4 Å². The molecule has 0 saturated heterocycles. The van der Waals surface area contributed by atoms with Crippen LogP contribution in [0.3, 0.4) is 0 Å². The molecule has 136 valence electrons. The van der Waals surface area contributed by atoms with Crippen molar-refractivity contribution in [1.82, 2.24) is 0 Å². The molecule has 0 spiro atoms. The second-order valence-corrected chi connectivity index (χ2v) is 6.53. The summed E-state index contributed by atoms with van der Waals surface area (Å²) in [5.41, 5.74) is 7.65. The van der Waals surface area contributed by atoms with Crippen molar-refractivity contribution in [3.8, 4) is 41.4 Å². The lowest BCUT2D eigenvalue weighted by Crippen LogP contribution is -2.21. The first-order valence-corrected chi connectivity index (χ1v) is 8.63. The van der Waals surface area contributed by atoms with Gasteiger partial charge in [0.2, 0.25) is 5.88 Å². The van der Waals surface area contributed by atoms with E-state index in [1.807, 2.05) is 6.07 Å². The molecule has 3 N–H and O–H groups in total. The van der Waals surface area contributed by atoms with Crippen LogP contribution in [0.25, 0.3) is 0 Å². The first kappa shape index (κ1) is 18.5. The van der Waals surface area contributed by atoms with Gasteiger partial charge in [-0.25, -0.2) is 0 Å². The molecule has 0 amide bonds. The molecule has 1 heterocycles. The van der Waals surface area contributed by atoms with Gasteiger partial charge in [-0.3, -0.25) is 0 Å². The first-order valence-electron chi connectivity index (χ1n) is 7.84. The normalized spacial score (nSPS) is 15.2. The fourth-order valence-corrected chi connectivity index (χ4v) is 3.52. The molecule has 0 radical (unpaired) electrons. The summed E-state index contributed by atoms with van der Waals surface area (Å²) in [6, 6.07) is 10.4. The van der Waals surface area contributed by atoms with Crippen molar-refractivity contribution in [2.75, 3.05) is 13.7 Å². The van der Waals surface area contributed by atoms with Crippen LogP contribution in [0.2, 0.25) is 0 Å². The molecule has 0 bridgehead atoms. The number of nitriles is 1. The monoisotopic (exact) mass is 426 g/mol. The number of phenolic OH excluding ortho intramolecular Hbond substituents is 1. The summed E-state index contributed by atoms with van der Waals surface area (Å²) in [7, 11) is 1.51. The van der Waals surface area contributed by atoms with E-state index in [1.165, 1.54) is 19.2 Å². The molecule has 7 heteroatoms. The summed E-state index contributed by atoms with van der Waals surface area (Å²) >= 11 is 3.47. The van der Waals surface area contributed by atoms with E-state index < -0.39 is 5.92 Å². The largest absolute Gasteiger partial charge is 0.508 e. The Balaban J connectivity index is 2.19. The molecule has 1 aliphatic heterocycles. The van der Waals surface area contributed by atoms with Gasteiger partial charge in [0.1, 0.15) is 29.7 Å². The summed E-state index contributed by atoms with van der Waals surface area (Å²) in [4.78, 5) is 0. The van der Waals surface area contributed by atoms with Gasteiger partial charge in [-0.2, -0.15) is 5.26 Å². The number of phenols is 1. The Labute approximate surface area is 164 Å². The Kier molecular flexibility index (Phi) is 5.16. The van der Waals surface area contributed by atoms with Gasteiger partial charge >= 0.3 is 0 Å². The average molecular weight is 427 g/mol. The van der Waals surface area contributed by atoms with Crippen LogP contribution in [0.15, 0.2) is 46.3 Å². The van der Waals surface area contributed by atoms with Crippen LogP contribution in [0.1, 0.15) is 17.0 Å². The standard InChI is InChI=1S/C20H15BrN2O4/c1-3-6-26-19-15(21)7-11(8-17(19)25-2)18-13-5-4-12(24)9-16(13)27-20(23)14(18)10-22/h1,4-5,7-9,18,24H,6,23H2,2H3/t18-/m1/s1. The minimum atomic E-state index is -0.494. The maximum absolute atomic E-state index is 9.74. The van der Waals surface area contributed by atoms with E-state index in [2.05, 4.69) is 27.9 Å². The zero-order valence-electron chi connectivity index (χ0n) is 14.3. The number of fused-ring (bicyclic) bond motifs is 1. The van der Waals surface area contributed by atoms with Crippen LogP contribution in [0.4, 0.5) is 0 Å². The van der Waals surface area contributed by atoms with E-state index >= 15 is 0 Å². The third kappa shape index (κ3) is 3.38. The Hall–Kier alpha value is -3.29. The summed E-state index contributed by atoms with van der Waals surface area (Å²) in [6.07, 6.45) is 5.26. The molecule has 0 saturated carbocycles. The highest BCUT2D eigenvalue weighted by Gasteiger charge is 2.32. The fraction of sp³-hybridized carbons (Fsp3) is 0.150. The number of allylic oxidation sites excluding steroid dienone is 1. The van der Waals surface area contributed by atoms with E-state index in [0.29, 0.717) is 27.3 Å². The third-order valence-corrected chi connectivity index (χ3v) is 4.68. The lowest BCUT2D eigenvalue weighted by molar-refractivity contribution is 0.328. The van der Waals surface area contributed by atoms with E-state index in [4.69, 9.17) is 26.4 Å². The first-order chi connectivity index (χ1) is 13.0. The number of hydrogen-bond acceptors (Lipinski definition) is 6. The molecule has 6 nitrogen and oxygen atoms in total. The van der Waals surface area contributed by atoms with Crippen molar-refractivity contribution in [3.63, 3.8) is 0 Å². The Bertz CT molecular complexity index is 1020. The van der Waals surface area contributed by atoms with Crippen LogP contribution in [-0.2, 0) is 0 Å². The van der Waals surface area contributed by atoms with Crippen LogP contribution in [-0.4, -0.2) is 18.8 Å². The summed E-state index contributed by atoms with van der Waals surface area (Å²) < 4.78 is 17.1. The molecule has 1 atom stereocenters. The lowest BCUT2D eigenvalue weighted by Gasteiger charge is -2.27. The Morgan fingerprint density at radius 2 is 2.15 bits per heavy atom. The maximum Gasteiger partial charge on any atom is 0.205 e. The maximum atomic E-state index is 9.74. The molecule has 0 fully saturated rings. The van der Waals surface area contributed by atoms with Crippen LogP contribution in [0, 0.1) is 23.7 Å². The minimum absolute atomic E-state index is 0.0108. The minimum Gasteiger partial charge on any atom is -0.508 e. The van der Waals surface area contributed by atoms with Crippen molar-refractivity contribution in [1.29, 1.82) is 5.26 Å². The summed E-state index contributed by atoms with van der Waals surface area (Å²) in [6.45, 7) is 0.0873. The Morgan fingerprint density at radius 3 is 2.81 bits per heavy atom. The van der Waals surface area contributed by atoms with Crippen LogP contribution >= 0.6 is 15.9 Å². The fourth-order valence-electron chi connectivity index (χ4n) is 2.95. The SMILES string of the molecule is C#CCOc1c(Br)cc([C@H]2C(C#N)=C(N)Oc3cc(O)ccc32)cc1OC. The van der Waals surface area contributed by atoms with E-state index in [1.54, 1.807) is 12.1 Å². The smallest absolute Gasteiger partial charge is 0.205 e. The van der Waals surface area contributed by atoms with Gasteiger partial charge < -0.3 is 25.1 Å².